The first kappa shape index (κ1) is 22.4. The van der Waals surface area contributed by atoms with E-state index in [-0.39, 0.29) is 10.8 Å². The molecule has 0 saturated heterocycles. The molecule has 0 N–H and O–H groups in total. The van der Waals surface area contributed by atoms with Gasteiger partial charge in [-0.05, 0) is 30.1 Å². The Labute approximate surface area is 149 Å². The zero-order chi connectivity index (χ0) is 17.1. The minimum Gasteiger partial charge on any atom is -0.378 e. The van der Waals surface area contributed by atoms with Crippen molar-refractivity contribution in [2.24, 2.45) is 10.8 Å². The zero-order valence-electron chi connectivity index (χ0n) is 16.1. The summed E-state index contributed by atoms with van der Waals surface area (Å²) >= 11 is 3.50. The van der Waals surface area contributed by atoms with Crippen molar-refractivity contribution in [1.82, 2.24) is 0 Å². The minimum atomic E-state index is 0.213. The quantitative estimate of drug-likeness (QED) is 0.240. The molecule has 0 saturated carbocycles. The van der Waals surface area contributed by atoms with Gasteiger partial charge < -0.3 is 4.74 Å². The van der Waals surface area contributed by atoms with Gasteiger partial charge in [0.15, 0.2) is 0 Å². The van der Waals surface area contributed by atoms with Gasteiger partial charge in [0.25, 0.3) is 0 Å². The predicted octanol–water partition coefficient (Wildman–Crippen LogP) is 7.37. The lowest BCUT2D eigenvalue weighted by atomic mass is 9.65. The molecule has 0 spiro atoms. The van der Waals surface area contributed by atoms with Crippen LogP contribution in [0.15, 0.2) is 0 Å². The van der Waals surface area contributed by atoms with Gasteiger partial charge in [-0.3, -0.25) is 0 Å². The Balaban J connectivity index is 4.34. The third kappa shape index (κ3) is 8.91. The molecular formula is C20H41BrO. The highest BCUT2D eigenvalue weighted by molar-refractivity contribution is 9.09. The standard InChI is InChI=1S/C20H41BrO/c1-7-8-9-10-11-12-15-18(22-17-14-13-16-21)20(5,6)19(2,3)4/h18H,7-17H2,1-6H3. The molecule has 0 amide bonds. The first-order valence-corrected chi connectivity index (χ1v) is 10.6. The van der Waals surface area contributed by atoms with Crippen LogP contribution in [0.1, 0.15) is 99.3 Å². The summed E-state index contributed by atoms with van der Waals surface area (Å²) in [6.45, 7) is 15.0. The smallest absolute Gasteiger partial charge is 0.0631 e. The fraction of sp³-hybridized carbons (Fsp3) is 1.00. The average molecular weight is 377 g/mol. The number of unbranched alkanes of at least 4 members (excludes halogenated alkanes) is 6. The molecular weight excluding hydrogens is 336 g/mol. The van der Waals surface area contributed by atoms with Crippen LogP contribution in [0.25, 0.3) is 0 Å². The molecule has 0 aliphatic carbocycles. The van der Waals surface area contributed by atoms with E-state index in [9.17, 15) is 0 Å². The lowest BCUT2D eigenvalue weighted by Gasteiger charge is -2.45. The molecule has 0 aromatic heterocycles. The summed E-state index contributed by atoms with van der Waals surface area (Å²) in [6.07, 6.45) is 12.2. The number of hydrogen-bond acceptors (Lipinski definition) is 1. The summed E-state index contributed by atoms with van der Waals surface area (Å²) in [5.41, 5.74) is 0.486. The van der Waals surface area contributed by atoms with Gasteiger partial charge in [-0.15, -0.1) is 0 Å². The van der Waals surface area contributed by atoms with Crippen LogP contribution in [0, 0.1) is 10.8 Å². The Morgan fingerprint density at radius 1 is 0.818 bits per heavy atom. The van der Waals surface area contributed by atoms with Crippen LogP contribution in [0.4, 0.5) is 0 Å². The van der Waals surface area contributed by atoms with E-state index in [1.165, 1.54) is 57.8 Å². The Kier molecular flexibility index (Phi) is 12.1. The molecule has 0 fully saturated rings. The SMILES string of the molecule is CCCCCCCCC(OCCCCBr)C(C)(C)C(C)(C)C. The summed E-state index contributed by atoms with van der Waals surface area (Å²) in [5, 5.41) is 1.08. The van der Waals surface area contributed by atoms with E-state index in [4.69, 9.17) is 4.74 Å². The van der Waals surface area contributed by atoms with Crippen molar-refractivity contribution in [2.75, 3.05) is 11.9 Å². The van der Waals surface area contributed by atoms with Crippen LogP contribution < -0.4 is 0 Å². The zero-order valence-corrected chi connectivity index (χ0v) is 17.7. The number of ether oxygens (including phenoxy) is 1. The van der Waals surface area contributed by atoms with Crippen molar-refractivity contribution >= 4 is 15.9 Å². The van der Waals surface area contributed by atoms with Crippen LogP contribution in [-0.2, 0) is 4.74 Å². The van der Waals surface area contributed by atoms with Gasteiger partial charge in [-0.25, -0.2) is 0 Å². The third-order valence-corrected chi connectivity index (χ3v) is 5.97. The number of hydrogen-bond donors (Lipinski definition) is 0. The molecule has 134 valence electrons. The van der Waals surface area contributed by atoms with Gasteiger partial charge in [0.05, 0.1) is 6.10 Å². The van der Waals surface area contributed by atoms with Crippen LogP contribution in [0.2, 0.25) is 0 Å². The van der Waals surface area contributed by atoms with E-state index in [0.29, 0.717) is 6.10 Å². The fourth-order valence-electron chi connectivity index (χ4n) is 2.67. The summed E-state index contributed by atoms with van der Waals surface area (Å²) in [7, 11) is 0. The Morgan fingerprint density at radius 3 is 1.95 bits per heavy atom. The monoisotopic (exact) mass is 376 g/mol. The van der Waals surface area contributed by atoms with Gasteiger partial charge in [0, 0.05) is 11.9 Å². The highest BCUT2D eigenvalue weighted by Crippen LogP contribution is 2.43. The normalized spacial score (nSPS) is 14.3. The van der Waals surface area contributed by atoms with Gasteiger partial charge in [-0.1, -0.05) is 96.0 Å². The summed E-state index contributed by atoms with van der Waals surface area (Å²) in [6, 6.07) is 0. The summed E-state index contributed by atoms with van der Waals surface area (Å²) in [5.74, 6) is 0. The van der Waals surface area contributed by atoms with Crippen molar-refractivity contribution < 1.29 is 4.74 Å². The van der Waals surface area contributed by atoms with Crippen LogP contribution in [0.5, 0.6) is 0 Å². The molecule has 0 aliphatic rings. The van der Waals surface area contributed by atoms with Gasteiger partial charge in [0.1, 0.15) is 0 Å². The van der Waals surface area contributed by atoms with Crippen molar-refractivity contribution in [3.8, 4) is 0 Å². The van der Waals surface area contributed by atoms with Crippen molar-refractivity contribution in [1.29, 1.82) is 0 Å². The molecule has 0 bridgehead atoms. The Bertz CT molecular complexity index is 255. The lowest BCUT2D eigenvalue weighted by molar-refractivity contribution is -0.0809. The second-order valence-corrected chi connectivity index (χ2v) is 9.08. The molecule has 1 unspecified atom stereocenters. The topological polar surface area (TPSA) is 9.23 Å². The predicted molar refractivity (Wildman–Crippen MR) is 104 cm³/mol. The molecule has 0 radical (unpaired) electrons. The Morgan fingerprint density at radius 2 is 1.41 bits per heavy atom. The first-order valence-electron chi connectivity index (χ1n) is 9.45. The van der Waals surface area contributed by atoms with Crippen molar-refractivity contribution in [3.05, 3.63) is 0 Å². The van der Waals surface area contributed by atoms with Crippen LogP contribution >= 0.6 is 15.9 Å². The minimum absolute atomic E-state index is 0.213. The highest BCUT2D eigenvalue weighted by Gasteiger charge is 2.40. The number of halogens is 1. The van der Waals surface area contributed by atoms with E-state index in [1.54, 1.807) is 0 Å². The fourth-order valence-corrected chi connectivity index (χ4v) is 3.06. The third-order valence-electron chi connectivity index (χ3n) is 5.40. The van der Waals surface area contributed by atoms with E-state index < -0.39 is 0 Å². The maximum Gasteiger partial charge on any atom is 0.0631 e. The maximum atomic E-state index is 6.34. The molecule has 0 aliphatic heterocycles. The second-order valence-electron chi connectivity index (χ2n) is 8.28. The first-order chi connectivity index (χ1) is 10.3. The second kappa shape index (κ2) is 11.9. The van der Waals surface area contributed by atoms with E-state index >= 15 is 0 Å². The molecule has 22 heavy (non-hydrogen) atoms. The van der Waals surface area contributed by atoms with Crippen molar-refractivity contribution in [3.63, 3.8) is 0 Å². The van der Waals surface area contributed by atoms with Crippen molar-refractivity contribution in [2.45, 2.75) is 105 Å². The number of rotatable bonds is 13. The van der Waals surface area contributed by atoms with Crippen LogP contribution in [0.3, 0.4) is 0 Å². The Hall–Kier alpha value is 0.440. The largest absolute Gasteiger partial charge is 0.378 e. The molecule has 1 nitrogen and oxygen atoms in total. The molecule has 0 aromatic carbocycles. The van der Waals surface area contributed by atoms with Gasteiger partial charge >= 0.3 is 0 Å². The lowest BCUT2D eigenvalue weighted by Crippen LogP contribution is -2.42. The summed E-state index contributed by atoms with van der Waals surface area (Å²) < 4.78 is 6.34. The number of alkyl halides is 1. The summed E-state index contributed by atoms with van der Waals surface area (Å²) in [4.78, 5) is 0. The van der Waals surface area contributed by atoms with Gasteiger partial charge in [-0.2, -0.15) is 0 Å². The molecule has 0 rings (SSSR count). The van der Waals surface area contributed by atoms with E-state index in [0.717, 1.165) is 11.9 Å². The molecule has 0 heterocycles. The average Bonchev–Trinajstić information content (AvgIpc) is 2.43. The van der Waals surface area contributed by atoms with Gasteiger partial charge in [0.2, 0.25) is 0 Å². The molecule has 0 aromatic rings. The highest BCUT2D eigenvalue weighted by atomic mass is 79.9. The van der Waals surface area contributed by atoms with E-state index in [2.05, 4.69) is 57.5 Å². The molecule has 2 heteroatoms. The van der Waals surface area contributed by atoms with E-state index in [1.807, 2.05) is 0 Å². The maximum absolute atomic E-state index is 6.34. The molecule has 1 atom stereocenters. The van der Waals surface area contributed by atoms with Crippen LogP contribution in [-0.4, -0.2) is 18.0 Å².